The average Bonchev–Trinajstić information content (AvgIpc) is 2.64. The molecule has 0 radical (unpaired) electrons. The van der Waals surface area contributed by atoms with Gasteiger partial charge in [0.15, 0.2) is 22.9 Å². The van der Waals surface area contributed by atoms with Crippen LogP contribution in [0.3, 0.4) is 0 Å². The molecule has 0 spiro atoms. The average molecular weight is 498 g/mol. The van der Waals surface area contributed by atoms with Crippen molar-refractivity contribution in [2.75, 3.05) is 13.2 Å². The van der Waals surface area contributed by atoms with Crippen LogP contribution in [0.1, 0.15) is 26.3 Å². The van der Waals surface area contributed by atoms with Crippen molar-refractivity contribution < 1.29 is 27.9 Å². The summed E-state index contributed by atoms with van der Waals surface area (Å²) < 4.78 is 31.0. The molecule has 1 aromatic carbocycles. The standard InChI is InChI=1S/C24H43NO6Si2/c1-24(2,3)29-23(26)25-15-19-17-28-22(27-16-18-13-11-10-12-14-18)21(31-33(7,8)9)20(19)30-32(4,5)6/h10-14,19-22H,15-17H2,1-9H3,(H,25,26)/t19-,20-,21+,22+/m1/s1. The maximum atomic E-state index is 12.3. The first-order chi connectivity index (χ1) is 15.1. The van der Waals surface area contributed by atoms with E-state index < -0.39 is 34.6 Å². The maximum Gasteiger partial charge on any atom is 0.407 e. The lowest BCUT2D eigenvalue weighted by Crippen LogP contribution is -2.60. The predicted octanol–water partition coefficient (Wildman–Crippen LogP) is 5.14. The molecular formula is C24H43NO6Si2. The van der Waals surface area contributed by atoms with Crippen LogP contribution >= 0.6 is 0 Å². The van der Waals surface area contributed by atoms with Crippen molar-refractivity contribution >= 4 is 22.7 Å². The van der Waals surface area contributed by atoms with Crippen LogP contribution in [0.4, 0.5) is 4.79 Å². The highest BCUT2D eigenvalue weighted by atomic mass is 28.4. The Balaban J connectivity index is 2.19. The Kier molecular flexibility index (Phi) is 9.73. The zero-order valence-electron chi connectivity index (χ0n) is 21.8. The third-order valence-corrected chi connectivity index (χ3v) is 6.63. The largest absolute Gasteiger partial charge is 0.444 e. The fourth-order valence-corrected chi connectivity index (χ4v) is 5.74. The van der Waals surface area contributed by atoms with Crippen LogP contribution in [0, 0.1) is 5.92 Å². The van der Waals surface area contributed by atoms with Crippen molar-refractivity contribution in [1.82, 2.24) is 5.32 Å². The minimum Gasteiger partial charge on any atom is -0.444 e. The normalized spacial score (nSPS) is 24.4. The molecule has 2 rings (SSSR count). The highest BCUT2D eigenvalue weighted by molar-refractivity contribution is 6.70. The van der Waals surface area contributed by atoms with Crippen molar-refractivity contribution in [3.63, 3.8) is 0 Å². The molecule has 188 valence electrons. The molecule has 0 bridgehead atoms. The van der Waals surface area contributed by atoms with Crippen LogP contribution in [0.5, 0.6) is 0 Å². The molecular weight excluding hydrogens is 454 g/mol. The number of alkyl carbamates (subject to hydrolysis) is 1. The van der Waals surface area contributed by atoms with Crippen LogP contribution < -0.4 is 5.32 Å². The van der Waals surface area contributed by atoms with E-state index in [-0.39, 0.29) is 18.1 Å². The molecule has 33 heavy (non-hydrogen) atoms. The number of carbonyl (C=O) groups is 1. The lowest BCUT2D eigenvalue weighted by atomic mass is 9.95. The zero-order chi connectivity index (χ0) is 24.9. The second kappa shape index (κ2) is 11.5. The fourth-order valence-electron chi connectivity index (χ4n) is 3.53. The fraction of sp³-hybridized carbons (Fsp3) is 0.708. The highest BCUT2D eigenvalue weighted by Gasteiger charge is 2.46. The van der Waals surface area contributed by atoms with Crippen molar-refractivity contribution in [1.29, 1.82) is 0 Å². The zero-order valence-corrected chi connectivity index (χ0v) is 23.8. The quantitative estimate of drug-likeness (QED) is 0.476. The summed E-state index contributed by atoms with van der Waals surface area (Å²) in [6.07, 6.45) is -1.63. The highest BCUT2D eigenvalue weighted by Crippen LogP contribution is 2.31. The van der Waals surface area contributed by atoms with E-state index >= 15 is 0 Å². The minimum atomic E-state index is -1.95. The molecule has 9 heteroatoms. The second-order valence-electron chi connectivity index (χ2n) is 11.5. The molecule has 0 aliphatic carbocycles. The maximum absolute atomic E-state index is 12.3. The summed E-state index contributed by atoms with van der Waals surface area (Å²) in [7, 11) is -3.89. The number of benzene rings is 1. The molecule has 1 saturated heterocycles. The molecule has 0 saturated carbocycles. The van der Waals surface area contributed by atoms with E-state index in [0.29, 0.717) is 19.8 Å². The molecule has 4 atom stereocenters. The number of amides is 1. The summed E-state index contributed by atoms with van der Waals surface area (Å²) >= 11 is 0. The summed E-state index contributed by atoms with van der Waals surface area (Å²) in [6.45, 7) is 19.7. The molecule has 1 N–H and O–H groups in total. The SMILES string of the molecule is CC(C)(C)OC(=O)NC[C@@H]1CO[C@H](OCc2ccccc2)[C@@H](O[Si](C)(C)C)[C@@H]1O[Si](C)(C)C. The first-order valence-corrected chi connectivity index (χ1v) is 18.5. The van der Waals surface area contributed by atoms with Gasteiger partial charge in [0.2, 0.25) is 0 Å². The number of hydrogen-bond acceptors (Lipinski definition) is 6. The number of hydrogen-bond donors (Lipinski definition) is 1. The van der Waals surface area contributed by atoms with Gasteiger partial charge in [-0.2, -0.15) is 0 Å². The van der Waals surface area contributed by atoms with Gasteiger partial charge in [0.25, 0.3) is 0 Å². The summed E-state index contributed by atoms with van der Waals surface area (Å²) in [6, 6.07) is 10.0. The number of carbonyl (C=O) groups excluding carboxylic acids is 1. The van der Waals surface area contributed by atoms with E-state index in [1.54, 1.807) is 0 Å². The van der Waals surface area contributed by atoms with Crippen molar-refractivity contribution in [3.8, 4) is 0 Å². The van der Waals surface area contributed by atoms with E-state index in [9.17, 15) is 4.79 Å². The third-order valence-electron chi connectivity index (χ3n) is 4.68. The van der Waals surface area contributed by atoms with Crippen LogP contribution in [0.25, 0.3) is 0 Å². The molecule has 1 aliphatic rings. The Morgan fingerprint density at radius 3 is 2.12 bits per heavy atom. The van der Waals surface area contributed by atoms with Crippen molar-refractivity contribution in [2.24, 2.45) is 5.92 Å². The Labute approximate surface area is 201 Å². The van der Waals surface area contributed by atoms with Crippen LogP contribution in [-0.2, 0) is 29.7 Å². The van der Waals surface area contributed by atoms with E-state index in [2.05, 4.69) is 44.6 Å². The lowest BCUT2D eigenvalue weighted by molar-refractivity contribution is -0.254. The van der Waals surface area contributed by atoms with Crippen molar-refractivity contribution in [2.45, 2.75) is 90.8 Å². The van der Waals surface area contributed by atoms with Crippen LogP contribution in [-0.4, -0.2) is 60.0 Å². The summed E-state index contributed by atoms with van der Waals surface area (Å²) in [5, 5.41) is 2.89. The Morgan fingerprint density at radius 2 is 1.58 bits per heavy atom. The molecule has 0 aromatic heterocycles. The summed E-state index contributed by atoms with van der Waals surface area (Å²) in [5.74, 6) is -0.0813. The number of nitrogens with one attached hydrogen (secondary N) is 1. The molecule has 1 fully saturated rings. The van der Waals surface area contributed by atoms with E-state index in [1.807, 2.05) is 51.1 Å². The first kappa shape index (κ1) is 28.0. The van der Waals surface area contributed by atoms with E-state index in [4.69, 9.17) is 23.1 Å². The Morgan fingerprint density at radius 1 is 1.00 bits per heavy atom. The van der Waals surface area contributed by atoms with Crippen LogP contribution in [0.2, 0.25) is 39.3 Å². The van der Waals surface area contributed by atoms with Gasteiger partial charge in [0.1, 0.15) is 11.7 Å². The smallest absolute Gasteiger partial charge is 0.407 e. The molecule has 1 aliphatic heterocycles. The van der Waals surface area contributed by atoms with Gasteiger partial charge < -0.3 is 28.4 Å². The second-order valence-corrected chi connectivity index (χ2v) is 20.5. The Bertz CT molecular complexity index is 742. The Hall–Kier alpha value is -1.24. The van der Waals surface area contributed by atoms with Crippen molar-refractivity contribution in [3.05, 3.63) is 35.9 Å². The summed E-state index contributed by atoms with van der Waals surface area (Å²) in [4.78, 5) is 12.3. The number of ether oxygens (including phenoxy) is 3. The number of rotatable bonds is 9. The van der Waals surface area contributed by atoms with E-state index in [1.165, 1.54) is 0 Å². The lowest BCUT2D eigenvalue weighted by Gasteiger charge is -2.46. The van der Waals surface area contributed by atoms with Gasteiger partial charge >= 0.3 is 6.09 Å². The van der Waals surface area contributed by atoms with Gasteiger partial charge in [-0.05, 0) is 65.6 Å². The molecule has 1 heterocycles. The molecule has 1 aromatic rings. The molecule has 7 nitrogen and oxygen atoms in total. The van der Waals surface area contributed by atoms with Gasteiger partial charge in [-0.3, -0.25) is 0 Å². The monoisotopic (exact) mass is 497 g/mol. The summed E-state index contributed by atoms with van der Waals surface area (Å²) in [5.41, 5.74) is 0.519. The van der Waals surface area contributed by atoms with Gasteiger partial charge in [0, 0.05) is 12.5 Å². The van der Waals surface area contributed by atoms with Gasteiger partial charge in [-0.1, -0.05) is 30.3 Å². The predicted molar refractivity (Wildman–Crippen MR) is 135 cm³/mol. The van der Waals surface area contributed by atoms with E-state index in [0.717, 1.165) is 5.56 Å². The topological polar surface area (TPSA) is 75.3 Å². The van der Waals surface area contributed by atoms with Crippen LogP contribution in [0.15, 0.2) is 30.3 Å². The third kappa shape index (κ3) is 10.7. The van der Waals surface area contributed by atoms with Gasteiger partial charge in [-0.25, -0.2) is 4.79 Å². The molecule has 1 amide bonds. The van der Waals surface area contributed by atoms with Gasteiger partial charge in [0.05, 0.1) is 19.3 Å². The van der Waals surface area contributed by atoms with Gasteiger partial charge in [-0.15, -0.1) is 0 Å². The minimum absolute atomic E-state index is 0.0813. The molecule has 0 unspecified atom stereocenters. The first-order valence-electron chi connectivity index (χ1n) is 11.7.